The van der Waals surface area contributed by atoms with Gasteiger partial charge in [-0.15, -0.1) is 0 Å². The van der Waals surface area contributed by atoms with Crippen LogP contribution in [0.3, 0.4) is 0 Å². The van der Waals surface area contributed by atoms with Crippen LogP contribution in [-0.4, -0.2) is 53.1 Å². The first-order valence-corrected chi connectivity index (χ1v) is 12.2. The maximum Gasteiger partial charge on any atom is 0.273 e. The van der Waals surface area contributed by atoms with Crippen LogP contribution < -0.4 is 15.6 Å². The van der Waals surface area contributed by atoms with E-state index in [1.807, 2.05) is 38.1 Å². The number of carbonyl (C=O) groups is 1. The summed E-state index contributed by atoms with van der Waals surface area (Å²) in [5, 5.41) is 2.88. The van der Waals surface area contributed by atoms with Crippen molar-refractivity contribution >= 4 is 5.91 Å². The van der Waals surface area contributed by atoms with Gasteiger partial charge in [-0.1, -0.05) is 25.0 Å². The number of rotatable bonds is 11. The van der Waals surface area contributed by atoms with Crippen molar-refractivity contribution in [1.29, 1.82) is 0 Å². The number of piperidine rings is 1. The fourth-order valence-corrected chi connectivity index (χ4v) is 4.37. The SMILES string of the molecule is COc1cccc(-c2cnc(CCCCCN3CCCCC3)c(=O)n2CC(=O)NC(C)C)c1. The number of likely N-dealkylation sites (tertiary alicyclic amines) is 1. The lowest BCUT2D eigenvalue weighted by molar-refractivity contribution is -0.122. The monoisotopic (exact) mass is 454 g/mol. The molecule has 2 heterocycles. The number of unbranched alkanes of at least 4 members (excludes halogenated alkanes) is 2. The first kappa shape index (κ1) is 25.0. The Kier molecular flexibility index (Phi) is 9.48. The molecule has 1 fully saturated rings. The molecular weight excluding hydrogens is 416 g/mol. The van der Waals surface area contributed by atoms with Crippen LogP contribution in [0.5, 0.6) is 5.75 Å². The van der Waals surface area contributed by atoms with Crippen molar-refractivity contribution in [3.8, 4) is 17.0 Å². The fourth-order valence-electron chi connectivity index (χ4n) is 4.37. The Labute approximate surface area is 197 Å². The fraction of sp³-hybridized carbons (Fsp3) is 0.577. The summed E-state index contributed by atoms with van der Waals surface area (Å²) >= 11 is 0. The van der Waals surface area contributed by atoms with Crippen LogP contribution >= 0.6 is 0 Å². The molecule has 1 saturated heterocycles. The van der Waals surface area contributed by atoms with Crippen molar-refractivity contribution in [2.24, 2.45) is 0 Å². The number of methoxy groups -OCH3 is 1. The number of carbonyl (C=O) groups excluding carboxylic acids is 1. The van der Waals surface area contributed by atoms with Gasteiger partial charge in [0.15, 0.2) is 0 Å². The van der Waals surface area contributed by atoms with Gasteiger partial charge in [-0.05, 0) is 77.7 Å². The van der Waals surface area contributed by atoms with Crippen LogP contribution in [0, 0.1) is 0 Å². The van der Waals surface area contributed by atoms with Gasteiger partial charge in [0.1, 0.15) is 18.0 Å². The Morgan fingerprint density at radius 2 is 1.94 bits per heavy atom. The first-order chi connectivity index (χ1) is 16.0. The molecule has 0 radical (unpaired) electrons. The van der Waals surface area contributed by atoms with E-state index in [2.05, 4.69) is 15.2 Å². The lowest BCUT2D eigenvalue weighted by Crippen LogP contribution is -2.37. The molecule has 1 aliphatic heterocycles. The van der Waals surface area contributed by atoms with Crippen molar-refractivity contribution in [1.82, 2.24) is 19.8 Å². The summed E-state index contributed by atoms with van der Waals surface area (Å²) in [5.41, 5.74) is 1.75. The third kappa shape index (κ3) is 7.42. The summed E-state index contributed by atoms with van der Waals surface area (Å²) < 4.78 is 6.88. The number of hydrogen-bond donors (Lipinski definition) is 1. The van der Waals surface area contributed by atoms with Gasteiger partial charge in [0.05, 0.1) is 19.0 Å². The number of benzene rings is 1. The molecule has 33 heavy (non-hydrogen) atoms. The molecule has 1 aromatic carbocycles. The zero-order chi connectivity index (χ0) is 23.6. The standard InChI is InChI=1S/C26H38N4O3/c1-20(2)28-25(31)19-30-24(21-11-10-12-22(17-21)33-3)18-27-23(26(30)32)13-6-4-7-14-29-15-8-5-9-16-29/h10-12,17-18,20H,4-9,13-16,19H2,1-3H3,(H,28,31). The van der Waals surface area contributed by atoms with E-state index in [9.17, 15) is 9.59 Å². The van der Waals surface area contributed by atoms with Crippen LogP contribution in [-0.2, 0) is 17.8 Å². The molecule has 0 saturated carbocycles. The van der Waals surface area contributed by atoms with E-state index < -0.39 is 0 Å². The third-order valence-electron chi connectivity index (χ3n) is 6.08. The normalized spacial score (nSPS) is 14.4. The minimum atomic E-state index is -0.190. The van der Waals surface area contributed by atoms with E-state index in [1.165, 1.54) is 32.4 Å². The molecule has 0 aliphatic carbocycles. The quantitative estimate of drug-likeness (QED) is 0.525. The second-order valence-corrected chi connectivity index (χ2v) is 9.15. The molecule has 1 N–H and O–H groups in total. The van der Waals surface area contributed by atoms with Gasteiger partial charge < -0.3 is 15.0 Å². The van der Waals surface area contributed by atoms with Crippen LogP contribution in [0.4, 0.5) is 0 Å². The number of aryl methyl sites for hydroxylation is 1. The highest BCUT2D eigenvalue weighted by molar-refractivity contribution is 5.77. The molecule has 1 amide bonds. The van der Waals surface area contributed by atoms with E-state index in [0.717, 1.165) is 31.4 Å². The van der Waals surface area contributed by atoms with Gasteiger partial charge in [-0.2, -0.15) is 0 Å². The van der Waals surface area contributed by atoms with Gasteiger partial charge >= 0.3 is 0 Å². The van der Waals surface area contributed by atoms with Crippen LogP contribution in [0.25, 0.3) is 11.3 Å². The summed E-state index contributed by atoms with van der Waals surface area (Å²) in [4.78, 5) is 32.9. The van der Waals surface area contributed by atoms with Gasteiger partial charge in [0.2, 0.25) is 5.91 Å². The van der Waals surface area contributed by atoms with Crippen molar-refractivity contribution in [3.05, 3.63) is 46.5 Å². The molecule has 0 bridgehead atoms. The maximum absolute atomic E-state index is 13.3. The highest BCUT2D eigenvalue weighted by Crippen LogP contribution is 2.23. The molecule has 0 atom stereocenters. The second kappa shape index (κ2) is 12.5. The minimum absolute atomic E-state index is 0.00897. The van der Waals surface area contributed by atoms with Crippen molar-refractivity contribution in [3.63, 3.8) is 0 Å². The average molecular weight is 455 g/mol. The smallest absolute Gasteiger partial charge is 0.273 e. The van der Waals surface area contributed by atoms with Crippen LogP contribution in [0.15, 0.2) is 35.3 Å². The van der Waals surface area contributed by atoms with E-state index >= 15 is 0 Å². The van der Waals surface area contributed by atoms with Gasteiger partial charge in [-0.3, -0.25) is 19.1 Å². The average Bonchev–Trinajstić information content (AvgIpc) is 2.81. The lowest BCUT2D eigenvalue weighted by Gasteiger charge is -2.26. The summed E-state index contributed by atoms with van der Waals surface area (Å²) in [5.74, 6) is 0.505. The van der Waals surface area contributed by atoms with E-state index in [0.29, 0.717) is 23.6 Å². The molecule has 0 spiro atoms. The second-order valence-electron chi connectivity index (χ2n) is 9.15. The van der Waals surface area contributed by atoms with Gasteiger partial charge in [0, 0.05) is 11.6 Å². The van der Waals surface area contributed by atoms with Crippen molar-refractivity contribution < 1.29 is 9.53 Å². The van der Waals surface area contributed by atoms with E-state index in [4.69, 9.17) is 4.74 Å². The first-order valence-electron chi connectivity index (χ1n) is 12.2. The predicted molar refractivity (Wildman–Crippen MR) is 132 cm³/mol. The Morgan fingerprint density at radius 3 is 2.67 bits per heavy atom. The van der Waals surface area contributed by atoms with Gasteiger partial charge in [-0.25, -0.2) is 0 Å². The number of ether oxygens (including phenoxy) is 1. The Morgan fingerprint density at radius 1 is 1.15 bits per heavy atom. The number of nitrogens with one attached hydrogen (secondary N) is 1. The molecule has 1 aromatic heterocycles. The number of hydrogen-bond acceptors (Lipinski definition) is 5. The minimum Gasteiger partial charge on any atom is -0.497 e. The Bertz CT molecular complexity index is 964. The summed E-state index contributed by atoms with van der Waals surface area (Å²) in [7, 11) is 1.61. The molecule has 3 rings (SSSR count). The molecule has 180 valence electrons. The molecule has 7 nitrogen and oxygen atoms in total. The third-order valence-corrected chi connectivity index (χ3v) is 6.08. The van der Waals surface area contributed by atoms with Crippen molar-refractivity contribution in [2.45, 2.75) is 71.4 Å². The summed E-state index contributed by atoms with van der Waals surface area (Å²) in [6.07, 6.45) is 9.46. The maximum atomic E-state index is 13.3. The lowest BCUT2D eigenvalue weighted by atomic mass is 10.1. The van der Waals surface area contributed by atoms with Crippen LogP contribution in [0.2, 0.25) is 0 Å². The highest BCUT2D eigenvalue weighted by Gasteiger charge is 2.16. The zero-order valence-corrected chi connectivity index (χ0v) is 20.3. The number of nitrogens with zero attached hydrogens (tertiary/aromatic N) is 3. The van der Waals surface area contributed by atoms with Gasteiger partial charge in [0.25, 0.3) is 5.56 Å². The molecule has 0 unspecified atom stereocenters. The molecular formula is C26H38N4O3. The van der Waals surface area contributed by atoms with Crippen LogP contribution in [0.1, 0.15) is 58.1 Å². The Balaban J connectivity index is 1.72. The number of amides is 1. The molecule has 7 heteroatoms. The van der Waals surface area contributed by atoms with E-state index in [1.54, 1.807) is 17.9 Å². The Hall–Kier alpha value is -2.67. The predicted octanol–water partition coefficient (Wildman–Crippen LogP) is 3.64. The van der Waals surface area contributed by atoms with Crippen molar-refractivity contribution in [2.75, 3.05) is 26.7 Å². The summed E-state index contributed by atoms with van der Waals surface area (Å²) in [6, 6.07) is 7.48. The molecule has 1 aliphatic rings. The highest BCUT2D eigenvalue weighted by atomic mass is 16.5. The topological polar surface area (TPSA) is 76.5 Å². The molecule has 2 aromatic rings. The van der Waals surface area contributed by atoms with E-state index in [-0.39, 0.29) is 24.1 Å². The largest absolute Gasteiger partial charge is 0.497 e. The summed E-state index contributed by atoms with van der Waals surface area (Å²) in [6.45, 7) is 7.36. The zero-order valence-electron chi connectivity index (χ0n) is 20.3. The number of aromatic nitrogens is 2.